The zero-order valence-electron chi connectivity index (χ0n) is 7.02. The summed E-state index contributed by atoms with van der Waals surface area (Å²) in [5, 5.41) is 9.23. The Bertz CT molecular complexity index is 268. The van der Waals surface area contributed by atoms with Crippen molar-refractivity contribution >= 4 is 28.6 Å². The molecule has 0 amide bonds. The highest BCUT2D eigenvalue weighted by atomic mass is 127. The number of ether oxygens (including phenoxy) is 1. The quantitative estimate of drug-likeness (QED) is 0.437. The SMILES string of the molecule is O=C1O[C@H]2[C@@H](I)[C@@H]3C[C@H]2[C@H]1[C@@H]3CO. The normalized spacial score (nSPS) is 57.2. The van der Waals surface area contributed by atoms with Gasteiger partial charge < -0.3 is 9.84 Å². The minimum absolute atomic E-state index is 0.0195. The summed E-state index contributed by atoms with van der Waals surface area (Å²) in [6.45, 7) is 0.146. The van der Waals surface area contributed by atoms with Crippen LogP contribution in [0.25, 0.3) is 0 Å². The van der Waals surface area contributed by atoms with Crippen molar-refractivity contribution in [3.05, 3.63) is 0 Å². The summed E-state index contributed by atoms with van der Waals surface area (Å²) in [4.78, 5) is 11.5. The van der Waals surface area contributed by atoms with Crippen LogP contribution in [-0.2, 0) is 9.53 Å². The van der Waals surface area contributed by atoms with Gasteiger partial charge in [-0.3, -0.25) is 4.79 Å². The molecule has 4 heteroatoms. The minimum Gasteiger partial charge on any atom is -0.461 e. The number of esters is 1. The predicted octanol–water partition coefficient (Wildman–Crippen LogP) is 0.590. The van der Waals surface area contributed by atoms with Crippen LogP contribution in [0.3, 0.4) is 0 Å². The van der Waals surface area contributed by atoms with E-state index in [4.69, 9.17) is 4.74 Å². The third kappa shape index (κ3) is 0.862. The molecule has 2 bridgehead atoms. The largest absolute Gasteiger partial charge is 0.461 e. The van der Waals surface area contributed by atoms with Crippen LogP contribution in [0, 0.1) is 23.7 Å². The third-order valence-corrected chi connectivity index (χ3v) is 5.53. The van der Waals surface area contributed by atoms with E-state index in [-0.39, 0.29) is 30.5 Å². The first-order valence-corrected chi connectivity index (χ1v) is 5.94. The molecule has 0 aromatic carbocycles. The Labute approximate surface area is 90.0 Å². The maximum Gasteiger partial charge on any atom is 0.310 e. The van der Waals surface area contributed by atoms with E-state index in [0.29, 0.717) is 15.8 Å². The molecule has 1 N–H and O–H groups in total. The molecule has 2 saturated carbocycles. The molecular formula is C9H11IO3. The highest BCUT2D eigenvalue weighted by Gasteiger charge is 2.65. The van der Waals surface area contributed by atoms with Gasteiger partial charge in [0.15, 0.2) is 0 Å². The van der Waals surface area contributed by atoms with E-state index in [9.17, 15) is 9.90 Å². The van der Waals surface area contributed by atoms with E-state index in [2.05, 4.69) is 22.6 Å². The zero-order chi connectivity index (χ0) is 9.16. The number of carbonyl (C=O) groups is 1. The smallest absolute Gasteiger partial charge is 0.310 e. The second-order valence-corrected chi connectivity index (χ2v) is 5.72. The molecule has 72 valence electrons. The van der Waals surface area contributed by atoms with Crippen molar-refractivity contribution in [2.75, 3.05) is 6.61 Å². The van der Waals surface area contributed by atoms with Crippen molar-refractivity contribution in [3.63, 3.8) is 0 Å². The molecule has 0 spiro atoms. The lowest BCUT2D eigenvalue weighted by atomic mass is 9.80. The van der Waals surface area contributed by atoms with Gasteiger partial charge in [0.1, 0.15) is 6.10 Å². The van der Waals surface area contributed by atoms with Crippen LogP contribution in [0.2, 0.25) is 0 Å². The van der Waals surface area contributed by atoms with Crippen LogP contribution in [0.15, 0.2) is 0 Å². The van der Waals surface area contributed by atoms with E-state index in [1.807, 2.05) is 0 Å². The van der Waals surface area contributed by atoms with Crippen LogP contribution in [0.5, 0.6) is 0 Å². The van der Waals surface area contributed by atoms with Gasteiger partial charge in [-0.2, -0.15) is 0 Å². The summed E-state index contributed by atoms with van der Waals surface area (Å²) < 4.78 is 5.76. The average molecular weight is 294 g/mol. The molecule has 3 fully saturated rings. The molecule has 0 radical (unpaired) electrons. The number of aliphatic hydroxyl groups excluding tert-OH is 1. The maximum atomic E-state index is 11.5. The van der Waals surface area contributed by atoms with E-state index in [1.54, 1.807) is 0 Å². The highest BCUT2D eigenvalue weighted by Crippen LogP contribution is 2.59. The minimum atomic E-state index is -0.0595. The summed E-state index contributed by atoms with van der Waals surface area (Å²) in [5.41, 5.74) is 0. The monoisotopic (exact) mass is 294 g/mol. The highest BCUT2D eigenvalue weighted by molar-refractivity contribution is 14.1. The van der Waals surface area contributed by atoms with Gasteiger partial charge in [0.25, 0.3) is 0 Å². The molecule has 3 rings (SSSR count). The maximum absolute atomic E-state index is 11.5. The Balaban J connectivity index is 2.01. The molecule has 3 nitrogen and oxygen atoms in total. The summed E-state index contributed by atoms with van der Waals surface area (Å²) in [6, 6.07) is 0. The molecule has 0 unspecified atom stereocenters. The Kier molecular flexibility index (Phi) is 1.69. The summed E-state index contributed by atoms with van der Waals surface area (Å²) in [6.07, 6.45) is 1.24. The fourth-order valence-electron chi connectivity index (χ4n) is 3.37. The standard InChI is InChI=1S/C9H11IO3/c10-7-3-1-4-6(5(3)2-11)9(12)13-8(4)7/h3-8,11H,1-2H2/t3-,4+,5-,6+,7+,8-/m1/s1. The second-order valence-electron chi connectivity index (χ2n) is 4.28. The zero-order valence-corrected chi connectivity index (χ0v) is 9.18. The number of hydrogen-bond donors (Lipinski definition) is 1. The van der Waals surface area contributed by atoms with E-state index in [0.717, 1.165) is 6.42 Å². The molecule has 0 aromatic rings. The van der Waals surface area contributed by atoms with Gasteiger partial charge in [-0.25, -0.2) is 0 Å². The average Bonchev–Trinajstić information content (AvgIpc) is 2.68. The molecule has 1 saturated heterocycles. The molecule has 13 heavy (non-hydrogen) atoms. The number of alkyl halides is 1. The summed E-state index contributed by atoms with van der Waals surface area (Å²) in [7, 11) is 0. The molecule has 0 aromatic heterocycles. The lowest BCUT2D eigenvalue weighted by molar-refractivity contribution is -0.144. The van der Waals surface area contributed by atoms with Gasteiger partial charge in [-0.05, 0) is 18.3 Å². The topological polar surface area (TPSA) is 46.5 Å². The number of hydrogen-bond acceptors (Lipinski definition) is 3. The van der Waals surface area contributed by atoms with Gasteiger partial charge >= 0.3 is 5.97 Å². The number of rotatable bonds is 1. The number of fused-ring (bicyclic) bond motifs is 1. The molecular weight excluding hydrogens is 283 g/mol. The van der Waals surface area contributed by atoms with Gasteiger partial charge in [0, 0.05) is 12.5 Å². The van der Waals surface area contributed by atoms with E-state index in [1.165, 1.54) is 0 Å². The molecule has 6 atom stereocenters. The first kappa shape index (κ1) is 8.47. The van der Waals surface area contributed by atoms with E-state index >= 15 is 0 Å². The van der Waals surface area contributed by atoms with Gasteiger partial charge in [0.05, 0.1) is 9.84 Å². The lowest BCUT2D eigenvalue weighted by Gasteiger charge is -2.26. The van der Waals surface area contributed by atoms with Crippen molar-refractivity contribution in [2.24, 2.45) is 23.7 Å². The summed E-state index contributed by atoms with van der Waals surface area (Å²) >= 11 is 2.37. The van der Waals surface area contributed by atoms with Crippen molar-refractivity contribution in [3.8, 4) is 0 Å². The predicted molar refractivity (Wildman–Crippen MR) is 53.4 cm³/mol. The Morgan fingerprint density at radius 2 is 2.31 bits per heavy atom. The van der Waals surface area contributed by atoms with Crippen molar-refractivity contribution in [2.45, 2.75) is 16.4 Å². The lowest BCUT2D eigenvalue weighted by Crippen LogP contribution is -2.35. The fraction of sp³-hybridized carbons (Fsp3) is 0.889. The van der Waals surface area contributed by atoms with Crippen LogP contribution >= 0.6 is 22.6 Å². The number of halogens is 1. The molecule has 2 aliphatic carbocycles. The summed E-state index contributed by atoms with van der Waals surface area (Å²) in [5.74, 6) is 1.06. The fourth-order valence-corrected chi connectivity index (χ4v) is 4.87. The Morgan fingerprint density at radius 3 is 3.00 bits per heavy atom. The van der Waals surface area contributed by atoms with Crippen molar-refractivity contribution < 1.29 is 14.6 Å². The number of aliphatic hydroxyl groups is 1. The van der Waals surface area contributed by atoms with Crippen LogP contribution in [0.4, 0.5) is 0 Å². The Morgan fingerprint density at radius 1 is 1.54 bits per heavy atom. The Hall–Kier alpha value is 0.160. The first-order valence-electron chi connectivity index (χ1n) is 4.69. The van der Waals surface area contributed by atoms with Gasteiger partial charge in [-0.15, -0.1) is 0 Å². The van der Waals surface area contributed by atoms with Crippen LogP contribution in [-0.4, -0.2) is 27.7 Å². The second kappa shape index (κ2) is 2.59. The van der Waals surface area contributed by atoms with Gasteiger partial charge in [-0.1, -0.05) is 22.6 Å². The van der Waals surface area contributed by atoms with Gasteiger partial charge in [0.2, 0.25) is 0 Å². The van der Waals surface area contributed by atoms with E-state index < -0.39 is 0 Å². The van der Waals surface area contributed by atoms with Crippen LogP contribution < -0.4 is 0 Å². The number of carbonyl (C=O) groups excluding carboxylic acids is 1. The first-order chi connectivity index (χ1) is 6.24. The molecule has 1 aliphatic heterocycles. The van der Waals surface area contributed by atoms with Crippen molar-refractivity contribution in [1.29, 1.82) is 0 Å². The molecule has 1 heterocycles. The van der Waals surface area contributed by atoms with Crippen LogP contribution in [0.1, 0.15) is 6.42 Å². The molecule has 3 aliphatic rings. The third-order valence-electron chi connectivity index (χ3n) is 3.90. The van der Waals surface area contributed by atoms with Crippen molar-refractivity contribution in [1.82, 2.24) is 0 Å².